The highest BCUT2D eigenvalue weighted by Crippen LogP contribution is 2.54. The molecule has 0 radical (unpaired) electrons. The zero-order valence-electron chi connectivity index (χ0n) is 41.6. The number of aromatic amines is 2. The molecule has 0 aliphatic carbocycles. The Morgan fingerprint density at radius 1 is 0.554 bits per heavy atom. The molecule has 83 heavy (non-hydrogen) atoms. The second-order valence-electron chi connectivity index (χ2n) is 18.5. The van der Waals surface area contributed by atoms with Crippen LogP contribution < -0.4 is 45.4 Å². The molecule has 6 aromatic rings. The molecule has 6 aromatic heterocycles. The maximum atomic E-state index is 14.0. The number of H-pyrrole nitrogens is 2. The van der Waals surface area contributed by atoms with Crippen LogP contribution in [0.2, 0.25) is 0 Å². The summed E-state index contributed by atoms with van der Waals surface area (Å²) in [6.45, 7) is -4.48. The van der Waals surface area contributed by atoms with Crippen LogP contribution in [0, 0.1) is 0 Å². The predicted octanol–water partition coefficient (Wildman–Crippen LogP) is -7.01. The predicted molar refractivity (Wildman–Crippen MR) is 266 cm³/mol. The number of nitrogens with zero attached hydrogens (tertiary/aromatic N) is 10. The highest BCUT2D eigenvalue weighted by Gasteiger charge is 2.55. The molecule has 10 rings (SSSR count). The maximum Gasteiger partial charge on any atom is 0.472 e. The van der Waals surface area contributed by atoms with Gasteiger partial charge in [-0.3, -0.25) is 65.0 Å². The first-order chi connectivity index (χ1) is 39.1. The van der Waals surface area contributed by atoms with Crippen molar-refractivity contribution in [3.8, 4) is 0 Å². The minimum atomic E-state index is -5.74. The van der Waals surface area contributed by atoms with Gasteiger partial charge in [-0.05, 0) is 6.07 Å². The van der Waals surface area contributed by atoms with Gasteiger partial charge in [0.15, 0.2) is 41.7 Å². The van der Waals surface area contributed by atoms with Crippen LogP contribution in [-0.2, 0) is 59.8 Å². The Morgan fingerprint density at radius 2 is 1.02 bits per heavy atom. The smallest absolute Gasteiger partial charge is 0.394 e. The molecular weight excluding hydrogens is 1190 g/mol. The number of aliphatic hydroxyl groups is 6. The third kappa shape index (κ3) is 12.0. The van der Waals surface area contributed by atoms with E-state index in [2.05, 4.69) is 39.9 Å². The molecule has 0 aromatic carbocycles. The molecule has 0 spiro atoms. The summed E-state index contributed by atoms with van der Waals surface area (Å²) in [5.41, 5.74) is 18.5. The van der Waals surface area contributed by atoms with Crippen molar-refractivity contribution < 1.29 is 105 Å². The van der Waals surface area contributed by atoms with Crippen molar-refractivity contribution in [2.45, 2.75) is 98.2 Å². The number of ether oxygens (including phenoxy) is 4. The molecule has 452 valence electrons. The van der Waals surface area contributed by atoms with Crippen molar-refractivity contribution in [1.29, 1.82) is 0 Å². The first-order valence-electron chi connectivity index (χ1n) is 23.9. The Bertz CT molecular complexity index is 3810. The molecule has 10 heterocycles. The SMILES string of the molecule is Nc1ccn([C@@H]2O[C@H](COP(=O)(O)O[C@H]3[C@@H](O)[C@H](n4ccc(=O)nc4N)O[C@@H]3COP(=O)(O)O[C@H]3[C@@H](O)[C@H](n4cnc5c(N)[nH]c(=O)nc54)O[C@@H]3COP(=O)(O)O[C@H]3[C@@H](O)[C@H](n4cnc5c(=O)[nH]c(N)nc54)O[C@@H]3CO)[C@@H](O)[C@H]2O)c(=O)n1. The van der Waals surface area contributed by atoms with E-state index in [1.54, 1.807) is 0 Å². The number of aromatic nitrogens is 12. The lowest BCUT2D eigenvalue weighted by molar-refractivity contribution is -0.0644. The Labute approximate surface area is 458 Å². The van der Waals surface area contributed by atoms with Crippen LogP contribution in [-0.4, -0.2) is 203 Å². The number of nitrogens with two attached hydrogens (primary N) is 4. The quantitative estimate of drug-likeness (QED) is 0.0316. The van der Waals surface area contributed by atoms with Crippen molar-refractivity contribution in [3.63, 3.8) is 0 Å². The molecule has 42 nitrogen and oxygen atoms in total. The van der Waals surface area contributed by atoms with Crippen molar-refractivity contribution in [3.05, 3.63) is 78.9 Å². The molecule has 4 aliphatic heterocycles. The number of nitrogens with one attached hydrogen (secondary N) is 2. The van der Waals surface area contributed by atoms with E-state index in [0.29, 0.717) is 0 Å². The summed E-state index contributed by atoms with van der Waals surface area (Å²) in [6.07, 6.45) is -26.1. The number of hydrogen-bond acceptors (Lipinski definition) is 33. The van der Waals surface area contributed by atoms with Gasteiger partial charge in [-0.15, -0.1) is 0 Å². The Kier molecular flexibility index (Phi) is 16.5. The molecule has 0 amide bonds. The summed E-state index contributed by atoms with van der Waals surface area (Å²) >= 11 is 0. The lowest BCUT2D eigenvalue weighted by Gasteiger charge is -2.26. The third-order valence-corrected chi connectivity index (χ3v) is 16.1. The molecule has 4 fully saturated rings. The molecule has 19 atom stereocenters. The molecular formula is C38H49N16O26P3. The van der Waals surface area contributed by atoms with Gasteiger partial charge in [-0.25, -0.2) is 33.3 Å². The molecule has 3 unspecified atom stereocenters. The lowest BCUT2D eigenvalue weighted by Crippen LogP contribution is -2.38. The Morgan fingerprint density at radius 3 is 1.57 bits per heavy atom. The number of fused-ring (bicyclic) bond motifs is 2. The summed E-state index contributed by atoms with van der Waals surface area (Å²) in [6, 6.07) is 2.06. The van der Waals surface area contributed by atoms with Gasteiger partial charge in [0.05, 0.1) is 39.1 Å². The third-order valence-electron chi connectivity index (χ3n) is 13.2. The normalized spacial score (nSPS) is 32.3. The minimum Gasteiger partial charge on any atom is -0.394 e. The number of hydrogen-bond donors (Lipinski definition) is 15. The van der Waals surface area contributed by atoms with E-state index in [1.165, 1.54) is 6.07 Å². The van der Waals surface area contributed by atoms with Crippen LogP contribution in [0.25, 0.3) is 22.3 Å². The Balaban J connectivity index is 0.864. The van der Waals surface area contributed by atoms with Gasteiger partial charge in [0, 0.05) is 18.5 Å². The molecule has 0 saturated carbocycles. The topological polar surface area (TPSA) is 627 Å². The molecule has 4 saturated heterocycles. The summed E-state index contributed by atoms with van der Waals surface area (Å²) in [5, 5.41) is 66.1. The second kappa shape index (κ2) is 22.9. The molecule has 0 bridgehead atoms. The van der Waals surface area contributed by atoms with Gasteiger partial charge >= 0.3 is 34.8 Å². The largest absolute Gasteiger partial charge is 0.472 e. The van der Waals surface area contributed by atoms with E-state index in [9.17, 15) is 78.2 Å². The fraction of sp³-hybridized carbons (Fsp3) is 0.526. The van der Waals surface area contributed by atoms with Crippen LogP contribution in [0.5, 0.6) is 0 Å². The second-order valence-corrected chi connectivity index (χ2v) is 22.7. The molecule has 19 N–H and O–H groups in total. The summed E-state index contributed by atoms with van der Waals surface area (Å²) in [5.74, 6) is -1.41. The van der Waals surface area contributed by atoms with E-state index < -0.39 is 177 Å². The van der Waals surface area contributed by atoms with E-state index in [1.807, 2.05) is 0 Å². The summed E-state index contributed by atoms with van der Waals surface area (Å²) < 4.78 is 99.2. The van der Waals surface area contributed by atoms with Crippen LogP contribution in [0.1, 0.15) is 24.9 Å². The Hall–Kier alpha value is -6.41. The highest BCUT2D eigenvalue weighted by molar-refractivity contribution is 7.48. The number of aliphatic hydroxyl groups excluding tert-OH is 6. The van der Waals surface area contributed by atoms with Crippen LogP contribution >= 0.6 is 23.5 Å². The number of rotatable bonds is 20. The van der Waals surface area contributed by atoms with E-state index >= 15 is 0 Å². The van der Waals surface area contributed by atoms with Gasteiger partial charge in [0.2, 0.25) is 11.9 Å². The lowest BCUT2D eigenvalue weighted by atomic mass is 10.1. The number of imidazole rings is 2. The van der Waals surface area contributed by atoms with Crippen molar-refractivity contribution in [1.82, 2.24) is 58.1 Å². The summed E-state index contributed by atoms with van der Waals surface area (Å²) in [7, 11) is -16.8. The van der Waals surface area contributed by atoms with Crippen molar-refractivity contribution in [2.75, 3.05) is 49.4 Å². The van der Waals surface area contributed by atoms with E-state index in [4.69, 9.17) is 69.0 Å². The van der Waals surface area contributed by atoms with Crippen molar-refractivity contribution in [2.24, 2.45) is 0 Å². The molecule has 4 aliphatic rings. The van der Waals surface area contributed by atoms with E-state index in [-0.39, 0.29) is 39.9 Å². The van der Waals surface area contributed by atoms with Crippen LogP contribution in [0.4, 0.5) is 23.5 Å². The van der Waals surface area contributed by atoms with Gasteiger partial charge in [0.25, 0.3) is 11.1 Å². The van der Waals surface area contributed by atoms with Gasteiger partial charge in [0.1, 0.15) is 90.4 Å². The van der Waals surface area contributed by atoms with Crippen molar-refractivity contribution >= 4 is 69.3 Å². The van der Waals surface area contributed by atoms with Crippen LogP contribution in [0.15, 0.2) is 56.4 Å². The maximum absolute atomic E-state index is 14.0. The average molecular weight is 1240 g/mol. The zero-order valence-corrected chi connectivity index (χ0v) is 44.3. The standard InChI is InChI=1S/C38H49N16O26P3/c39-15-1-3-52(38(64)45-15)31-20(58)19(57)12(75-31)6-71-81(65,66)79-25-13(76-32(22(25)60)51-4-2-16(56)46-36(51)42)7-73-83(69,70)80-26-14(77-34(23(26)61)53-9-43-17-27(40)47-37(63)49-28(17)53)8-72-82(67,68)78-24-11(5-55)74-33(21(24)59)54-10-44-18-29(54)48-35(41)50-30(18)62/h1-4,9-14,19-26,31-34,55,57-61H,5-8H2,(H,65,66)(H,67,68)(H,69,70)(H2,39,45,64)(H2,42,46,56)(H3,40,47,49,63)(H3,41,48,50,62)/t11-,12-,13-,14-,19-,20-,21-,22-,23-,24-,25-,26-,31-,32-,33-,34-/m1/s1. The molecule has 45 heteroatoms. The van der Waals surface area contributed by atoms with Gasteiger partial charge in [-0.1, -0.05) is 0 Å². The van der Waals surface area contributed by atoms with Gasteiger partial charge < -0.3 is 87.2 Å². The van der Waals surface area contributed by atoms with E-state index in [0.717, 1.165) is 49.4 Å². The fourth-order valence-electron chi connectivity index (χ4n) is 9.34. The van der Waals surface area contributed by atoms with Crippen LogP contribution in [0.3, 0.4) is 0 Å². The summed E-state index contributed by atoms with van der Waals surface area (Å²) in [4.78, 5) is 110. The fourth-order valence-corrected chi connectivity index (χ4v) is 12.2. The number of phosphoric ester groups is 3. The first-order valence-corrected chi connectivity index (χ1v) is 28.4. The highest BCUT2D eigenvalue weighted by atomic mass is 31.2. The first kappa shape index (κ1) is 59.7. The average Bonchev–Trinajstić information content (AvgIpc) is 3.96. The monoisotopic (exact) mass is 1240 g/mol. The number of phosphoric acid groups is 3. The number of anilines is 4. The van der Waals surface area contributed by atoms with Gasteiger partial charge in [-0.2, -0.15) is 19.9 Å². The number of nitrogen functional groups attached to an aromatic ring is 4. The minimum absolute atomic E-state index is 0.140. The zero-order chi connectivity index (χ0) is 59.8.